The molecule has 1 rings (SSSR count). The number of hydrogen-bond acceptors (Lipinski definition) is 3. The molecule has 0 aromatic rings. The molecule has 1 aliphatic rings. The molecule has 0 aromatic carbocycles. The first-order chi connectivity index (χ1) is 8.93. The zero-order chi connectivity index (χ0) is 14.4. The fourth-order valence-corrected chi connectivity index (χ4v) is 2.96. The van der Waals surface area contributed by atoms with Gasteiger partial charge in [0.25, 0.3) is 0 Å². The summed E-state index contributed by atoms with van der Waals surface area (Å²) in [7, 11) is 0. The Hall–Kier alpha value is -0.910. The lowest BCUT2D eigenvalue weighted by molar-refractivity contribution is -0.141. The van der Waals surface area contributed by atoms with Crippen molar-refractivity contribution in [1.82, 2.24) is 10.6 Å². The van der Waals surface area contributed by atoms with Crippen molar-refractivity contribution in [2.45, 2.75) is 56.9 Å². The van der Waals surface area contributed by atoms with Gasteiger partial charge in [0.2, 0.25) is 0 Å². The maximum absolute atomic E-state index is 11.8. The first-order valence-electron chi connectivity index (χ1n) is 6.76. The summed E-state index contributed by atoms with van der Waals surface area (Å²) in [6, 6.07) is -0.413. The van der Waals surface area contributed by atoms with Crippen molar-refractivity contribution >= 4 is 23.8 Å². The average molecular weight is 288 g/mol. The van der Waals surface area contributed by atoms with E-state index >= 15 is 0 Å². The van der Waals surface area contributed by atoms with Gasteiger partial charge < -0.3 is 15.7 Å². The Labute approximate surface area is 118 Å². The van der Waals surface area contributed by atoms with Gasteiger partial charge in [0.05, 0.1) is 5.92 Å². The molecule has 2 amide bonds. The minimum absolute atomic E-state index is 0.218. The quantitative estimate of drug-likeness (QED) is 0.723. The molecular formula is C13H24N2O3S. The number of amides is 2. The van der Waals surface area contributed by atoms with Gasteiger partial charge in [-0.3, -0.25) is 4.79 Å². The first kappa shape index (κ1) is 16.1. The van der Waals surface area contributed by atoms with Crippen LogP contribution < -0.4 is 10.6 Å². The van der Waals surface area contributed by atoms with Gasteiger partial charge in [-0.25, -0.2) is 4.79 Å². The maximum Gasteiger partial charge on any atom is 0.315 e. The smallest absolute Gasteiger partial charge is 0.315 e. The molecule has 1 aliphatic carbocycles. The molecule has 0 spiro atoms. The second kappa shape index (κ2) is 7.62. The predicted molar refractivity (Wildman–Crippen MR) is 77.5 cm³/mol. The van der Waals surface area contributed by atoms with Gasteiger partial charge in [-0.15, -0.1) is 0 Å². The van der Waals surface area contributed by atoms with Gasteiger partial charge in [0.1, 0.15) is 0 Å². The van der Waals surface area contributed by atoms with E-state index in [1.165, 1.54) is 0 Å². The van der Waals surface area contributed by atoms with Crippen molar-refractivity contribution in [3.05, 3.63) is 0 Å². The summed E-state index contributed by atoms with van der Waals surface area (Å²) >= 11 is 1.89. The minimum Gasteiger partial charge on any atom is -0.481 e. The summed E-state index contributed by atoms with van der Waals surface area (Å²) in [4.78, 5) is 22.6. The highest BCUT2D eigenvalue weighted by Crippen LogP contribution is 2.26. The Morgan fingerprint density at radius 2 is 1.79 bits per heavy atom. The van der Waals surface area contributed by atoms with Gasteiger partial charge in [0.15, 0.2) is 0 Å². The third-order valence-corrected chi connectivity index (χ3v) is 4.98. The normalized spacial score (nSPS) is 26.3. The summed E-state index contributed by atoms with van der Waals surface area (Å²) in [6.45, 7) is 3.31. The summed E-state index contributed by atoms with van der Waals surface area (Å²) in [5, 5.41) is 15.2. The van der Waals surface area contributed by atoms with Crippen molar-refractivity contribution < 1.29 is 14.7 Å². The topological polar surface area (TPSA) is 78.4 Å². The predicted octanol–water partition coefficient (Wildman–Crippen LogP) is 2.07. The number of carboxylic acids is 1. The molecule has 19 heavy (non-hydrogen) atoms. The zero-order valence-corrected chi connectivity index (χ0v) is 12.6. The van der Waals surface area contributed by atoms with Crippen LogP contribution in [0.3, 0.4) is 0 Å². The highest BCUT2D eigenvalue weighted by atomic mass is 32.2. The SMILES string of the molecule is CSC1CCC(NC(=O)NC(C)C(C)C(=O)O)CC1. The number of rotatable bonds is 5. The summed E-state index contributed by atoms with van der Waals surface area (Å²) in [5.41, 5.74) is 0. The van der Waals surface area contributed by atoms with Crippen LogP contribution in [0, 0.1) is 5.92 Å². The molecule has 3 N–H and O–H groups in total. The molecule has 1 saturated carbocycles. The number of carboxylic acid groups (broad SMARTS) is 1. The average Bonchev–Trinajstić information content (AvgIpc) is 2.38. The van der Waals surface area contributed by atoms with E-state index in [1.807, 2.05) is 11.8 Å². The Kier molecular flexibility index (Phi) is 6.48. The molecular weight excluding hydrogens is 264 g/mol. The molecule has 110 valence electrons. The van der Waals surface area contributed by atoms with Crippen LogP contribution >= 0.6 is 11.8 Å². The van der Waals surface area contributed by atoms with Crippen LogP contribution in [-0.4, -0.2) is 40.7 Å². The lowest BCUT2D eigenvalue weighted by atomic mass is 9.95. The molecule has 1 fully saturated rings. The Balaban J connectivity index is 2.30. The molecule has 0 radical (unpaired) electrons. The fraction of sp³-hybridized carbons (Fsp3) is 0.846. The monoisotopic (exact) mass is 288 g/mol. The second-order valence-corrected chi connectivity index (χ2v) is 6.38. The molecule has 6 heteroatoms. The van der Waals surface area contributed by atoms with Crippen LogP contribution in [0.4, 0.5) is 4.79 Å². The van der Waals surface area contributed by atoms with E-state index < -0.39 is 11.9 Å². The standard InChI is InChI=1S/C13H24N2O3S/c1-8(12(16)17)9(2)14-13(18)15-10-4-6-11(19-3)7-5-10/h8-11H,4-7H2,1-3H3,(H,16,17)(H2,14,15,18). The molecule has 0 bridgehead atoms. The van der Waals surface area contributed by atoms with E-state index in [9.17, 15) is 9.59 Å². The summed E-state index contributed by atoms with van der Waals surface area (Å²) in [6.07, 6.45) is 6.39. The maximum atomic E-state index is 11.8. The van der Waals surface area contributed by atoms with Crippen LogP contribution in [-0.2, 0) is 4.79 Å². The molecule has 2 unspecified atom stereocenters. The number of carbonyl (C=O) groups is 2. The first-order valence-corrected chi connectivity index (χ1v) is 8.05. The van der Waals surface area contributed by atoms with Crippen LogP contribution in [0.25, 0.3) is 0 Å². The van der Waals surface area contributed by atoms with Crippen molar-refractivity contribution in [2.75, 3.05) is 6.26 Å². The Morgan fingerprint density at radius 3 is 2.26 bits per heavy atom. The molecule has 5 nitrogen and oxygen atoms in total. The van der Waals surface area contributed by atoms with E-state index in [2.05, 4.69) is 16.9 Å². The van der Waals surface area contributed by atoms with Gasteiger partial charge in [-0.05, 0) is 45.8 Å². The van der Waals surface area contributed by atoms with Crippen LogP contribution in [0.2, 0.25) is 0 Å². The van der Waals surface area contributed by atoms with Crippen molar-refractivity contribution in [3.63, 3.8) is 0 Å². The fourth-order valence-electron chi connectivity index (χ4n) is 2.22. The van der Waals surface area contributed by atoms with Gasteiger partial charge >= 0.3 is 12.0 Å². The molecule has 0 heterocycles. The number of nitrogens with one attached hydrogen (secondary N) is 2. The minimum atomic E-state index is -0.895. The van der Waals surface area contributed by atoms with Crippen molar-refractivity contribution in [2.24, 2.45) is 5.92 Å². The zero-order valence-electron chi connectivity index (χ0n) is 11.8. The summed E-state index contributed by atoms with van der Waals surface area (Å²) in [5.74, 6) is -1.48. The van der Waals surface area contributed by atoms with Gasteiger partial charge in [-0.2, -0.15) is 11.8 Å². The molecule has 0 aromatic heterocycles. The lowest BCUT2D eigenvalue weighted by Gasteiger charge is -2.28. The van der Waals surface area contributed by atoms with E-state index in [0.29, 0.717) is 5.25 Å². The van der Waals surface area contributed by atoms with E-state index in [1.54, 1.807) is 13.8 Å². The highest BCUT2D eigenvalue weighted by molar-refractivity contribution is 7.99. The number of thioether (sulfide) groups is 1. The third-order valence-electron chi connectivity index (χ3n) is 3.84. The van der Waals surface area contributed by atoms with E-state index in [4.69, 9.17) is 5.11 Å². The van der Waals surface area contributed by atoms with Gasteiger partial charge in [0, 0.05) is 17.3 Å². The highest BCUT2D eigenvalue weighted by Gasteiger charge is 2.24. The Morgan fingerprint density at radius 1 is 1.21 bits per heavy atom. The van der Waals surface area contributed by atoms with Crippen molar-refractivity contribution in [3.8, 4) is 0 Å². The number of urea groups is 1. The largest absolute Gasteiger partial charge is 0.481 e. The van der Waals surface area contributed by atoms with Gasteiger partial charge in [-0.1, -0.05) is 0 Å². The van der Waals surface area contributed by atoms with Crippen LogP contribution in [0.15, 0.2) is 0 Å². The van der Waals surface area contributed by atoms with Crippen molar-refractivity contribution in [1.29, 1.82) is 0 Å². The van der Waals surface area contributed by atoms with Crippen LogP contribution in [0.5, 0.6) is 0 Å². The van der Waals surface area contributed by atoms with E-state index in [0.717, 1.165) is 25.7 Å². The molecule has 2 atom stereocenters. The Bertz CT molecular complexity index is 317. The third kappa shape index (κ3) is 5.30. The number of hydrogen-bond donors (Lipinski definition) is 3. The molecule has 0 aliphatic heterocycles. The van der Waals surface area contributed by atoms with E-state index in [-0.39, 0.29) is 18.1 Å². The number of aliphatic carboxylic acids is 1. The lowest BCUT2D eigenvalue weighted by Crippen LogP contribution is -2.49. The number of carbonyl (C=O) groups excluding carboxylic acids is 1. The van der Waals surface area contributed by atoms with Crippen LogP contribution in [0.1, 0.15) is 39.5 Å². The summed E-state index contributed by atoms with van der Waals surface area (Å²) < 4.78 is 0. The second-order valence-electron chi connectivity index (χ2n) is 5.24. The molecule has 0 saturated heterocycles.